The van der Waals surface area contributed by atoms with Crippen LogP contribution in [0, 0.1) is 6.92 Å². The molecule has 0 aliphatic carbocycles. The van der Waals surface area contributed by atoms with Crippen LogP contribution in [0.2, 0.25) is 0 Å². The SMILES string of the molecule is CCNCc1cc(C)nn(CCOC)c1=O. The van der Waals surface area contributed by atoms with Crippen LogP contribution < -0.4 is 10.9 Å². The lowest BCUT2D eigenvalue weighted by Gasteiger charge is -2.08. The molecule has 0 saturated carbocycles. The molecule has 1 aromatic rings. The highest BCUT2D eigenvalue weighted by molar-refractivity contribution is 5.12. The van der Waals surface area contributed by atoms with Gasteiger partial charge in [0, 0.05) is 19.2 Å². The summed E-state index contributed by atoms with van der Waals surface area (Å²) in [6.45, 7) is 6.33. The molecule has 5 heteroatoms. The van der Waals surface area contributed by atoms with Gasteiger partial charge in [0.25, 0.3) is 5.56 Å². The number of hydrogen-bond donors (Lipinski definition) is 1. The molecule has 16 heavy (non-hydrogen) atoms. The third-order valence-electron chi connectivity index (χ3n) is 2.24. The van der Waals surface area contributed by atoms with Crippen LogP contribution in [0.25, 0.3) is 0 Å². The first-order valence-corrected chi connectivity index (χ1v) is 5.46. The minimum Gasteiger partial charge on any atom is -0.383 e. The Hall–Kier alpha value is -1.20. The molecule has 0 saturated heterocycles. The Morgan fingerprint density at radius 3 is 2.94 bits per heavy atom. The second-order valence-electron chi connectivity index (χ2n) is 3.61. The molecule has 1 heterocycles. The zero-order chi connectivity index (χ0) is 12.0. The van der Waals surface area contributed by atoms with Crippen molar-refractivity contribution in [3.8, 4) is 0 Å². The predicted molar refractivity (Wildman–Crippen MR) is 62.5 cm³/mol. The summed E-state index contributed by atoms with van der Waals surface area (Å²) >= 11 is 0. The number of nitrogens with zero attached hydrogens (tertiary/aromatic N) is 2. The molecular weight excluding hydrogens is 206 g/mol. The number of nitrogens with one attached hydrogen (secondary N) is 1. The molecule has 0 aliphatic heterocycles. The third-order valence-corrected chi connectivity index (χ3v) is 2.24. The van der Waals surface area contributed by atoms with E-state index in [0.29, 0.717) is 19.7 Å². The van der Waals surface area contributed by atoms with Crippen molar-refractivity contribution in [2.45, 2.75) is 26.9 Å². The number of hydrogen-bond acceptors (Lipinski definition) is 4. The topological polar surface area (TPSA) is 56.1 Å². The minimum absolute atomic E-state index is 0.0383. The smallest absolute Gasteiger partial charge is 0.271 e. The predicted octanol–water partition coefficient (Wildman–Crippen LogP) is 0.308. The van der Waals surface area contributed by atoms with Crippen LogP contribution in [0.5, 0.6) is 0 Å². The van der Waals surface area contributed by atoms with Gasteiger partial charge in [-0.15, -0.1) is 0 Å². The van der Waals surface area contributed by atoms with Crippen LogP contribution in [-0.4, -0.2) is 30.0 Å². The third kappa shape index (κ3) is 3.43. The van der Waals surface area contributed by atoms with Gasteiger partial charge in [0.2, 0.25) is 0 Å². The maximum Gasteiger partial charge on any atom is 0.271 e. The van der Waals surface area contributed by atoms with Crippen molar-refractivity contribution in [2.75, 3.05) is 20.3 Å². The zero-order valence-electron chi connectivity index (χ0n) is 10.1. The number of methoxy groups -OCH3 is 1. The van der Waals surface area contributed by atoms with Crippen molar-refractivity contribution in [3.05, 3.63) is 27.7 Å². The first-order chi connectivity index (χ1) is 7.69. The number of ether oxygens (including phenoxy) is 1. The van der Waals surface area contributed by atoms with E-state index in [9.17, 15) is 4.79 Å². The van der Waals surface area contributed by atoms with Crippen LogP contribution in [0.1, 0.15) is 18.2 Å². The molecular formula is C11H19N3O2. The fourth-order valence-electron chi connectivity index (χ4n) is 1.46. The summed E-state index contributed by atoms with van der Waals surface area (Å²) in [5.41, 5.74) is 1.57. The Morgan fingerprint density at radius 1 is 1.56 bits per heavy atom. The number of rotatable bonds is 6. The van der Waals surface area contributed by atoms with Gasteiger partial charge in [0.15, 0.2) is 0 Å². The zero-order valence-corrected chi connectivity index (χ0v) is 10.1. The van der Waals surface area contributed by atoms with Crippen LogP contribution in [0.3, 0.4) is 0 Å². The highest BCUT2D eigenvalue weighted by Crippen LogP contribution is 1.95. The highest BCUT2D eigenvalue weighted by atomic mass is 16.5. The standard InChI is InChI=1S/C11H19N3O2/c1-4-12-8-10-7-9(2)13-14(11(10)15)5-6-16-3/h7,12H,4-6,8H2,1-3H3. The van der Waals surface area contributed by atoms with E-state index in [2.05, 4.69) is 10.4 Å². The molecule has 0 atom stereocenters. The molecule has 0 amide bonds. The normalized spacial score (nSPS) is 10.7. The molecule has 0 unspecified atom stereocenters. The van der Waals surface area contributed by atoms with Gasteiger partial charge in [-0.1, -0.05) is 6.92 Å². The quantitative estimate of drug-likeness (QED) is 0.757. The van der Waals surface area contributed by atoms with Crippen molar-refractivity contribution in [1.29, 1.82) is 0 Å². The molecule has 0 aromatic carbocycles. The molecule has 0 fully saturated rings. The van der Waals surface area contributed by atoms with Crippen molar-refractivity contribution < 1.29 is 4.74 Å². The van der Waals surface area contributed by atoms with E-state index in [1.54, 1.807) is 7.11 Å². The lowest BCUT2D eigenvalue weighted by molar-refractivity contribution is 0.181. The molecule has 0 radical (unpaired) electrons. The first-order valence-electron chi connectivity index (χ1n) is 5.46. The molecule has 0 bridgehead atoms. The van der Waals surface area contributed by atoms with Gasteiger partial charge >= 0.3 is 0 Å². The van der Waals surface area contributed by atoms with Gasteiger partial charge in [-0.05, 0) is 19.5 Å². The fourth-order valence-corrected chi connectivity index (χ4v) is 1.46. The number of aromatic nitrogens is 2. The van der Waals surface area contributed by atoms with Gasteiger partial charge < -0.3 is 10.1 Å². The van der Waals surface area contributed by atoms with Gasteiger partial charge in [-0.25, -0.2) is 4.68 Å². The van der Waals surface area contributed by atoms with Crippen LogP contribution >= 0.6 is 0 Å². The van der Waals surface area contributed by atoms with Gasteiger partial charge in [-0.3, -0.25) is 4.79 Å². The Kier molecular flexibility index (Phi) is 5.14. The Labute approximate surface area is 95.4 Å². The van der Waals surface area contributed by atoms with Crippen molar-refractivity contribution in [1.82, 2.24) is 15.1 Å². The molecule has 0 spiro atoms. The van der Waals surface area contributed by atoms with E-state index < -0.39 is 0 Å². The fraction of sp³-hybridized carbons (Fsp3) is 0.636. The average Bonchev–Trinajstić information content (AvgIpc) is 2.28. The average molecular weight is 225 g/mol. The van der Waals surface area contributed by atoms with E-state index in [0.717, 1.165) is 17.8 Å². The van der Waals surface area contributed by atoms with Crippen LogP contribution in [0.4, 0.5) is 0 Å². The second kappa shape index (κ2) is 6.40. The van der Waals surface area contributed by atoms with Crippen molar-refractivity contribution >= 4 is 0 Å². The molecule has 5 nitrogen and oxygen atoms in total. The summed E-state index contributed by atoms with van der Waals surface area (Å²) in [5, 5.41) is 7.32. The molecule has 90 valence electrons. The van der Waals surface area contributed by atoms with Crippen LogP contribution in [-0.2, 0) is 17.8 Å². The molecule has 1 rings (SSSR count). The summed E-state index contributed by atoms with van der Waals surface area (Å²) in [6, 6.07) is 1.83. The Balaban J connectivity index is 2.91. The lowest BCUT2D eigenvalue weighted by atomic mass is 10.2. The molecule has 0 aliphatic rings. The van der Waals surface area contributed by atoms with Crippen LogP contribution in [0.15, 0.2) is 10.9 Å². The van der Waals surface area contributed by atoms with E-state index in [4.69, 9.17) is 4.74 Å². The van der Waals surface area contributed by atoms with Crippen molar-refractivity contribution in [3.63, 3.8) is 0 Å². The summed E-state index contributed by atoms with van der Waals surface area (Å²) in [4.78, 5) is 11.9. The summed E-state index contributed by atoms with van der Waals surface area (Å²) in [6.07, 6.45) is 0. The summed E-state index contributed by atoms with van der Waals surface area (Å²) in [5.74, 6) is 0. The maximum absolute atomic E-state index is 11.9. The lowest BCUT2D eigenvalue weighted by Crippen LogP contribution is -2.30. The highest BCUT2D eigenvalue weighted by Gasteiger charge is 2.05. The van der Waals surface area contributed by atoms with Gasteiger partial charge in [-0.2, -0.15) is 5.10 Å². The maximum atomic E-state index is 11.9. The Bertz CT molecular complexity index is 355. The number of aryl methyl sites for hydroxylation is 1. The van der Waals surface area contributed by atoms with E-state index in [1.807, 2.05) is 19.9 Å². The minimum atomic E-state index is -0.0383. The Morgan fingerprint density at radius 2 is 2.31 bits per heavy atom. The van der Waals surface area contributed by atoms with E-state index in [1.165, 1.54) is 4.68 Å². The van der Waals surface area contributed by atoms with E-state index in [-0.39, 0.29) is 5.56 Å². The monoisotopic (exact) mass is 225 g/mol. The second-order valence-corrected chi connectivity index (χ2v) is 3.61. The van der Waals surface area contributed by atoms with Gasteiger partial charge in [0.05, 0.1) is 18.8 Å². The van der Waals surface area contributed by atoms with Crippen molar-refractivity contribution in [2.24, 2.45) is 0 Å². The summed E-state index contributed by atoms with van der Waals surface area (Å²) < 4.78 is 6.41. The molecule has 1 aromatic heterocycles. The van der Waals surface area contributed by atoms with E-state index >= 15 is 0 Å². The summed E-state index contributed by atoms with van der Waals surface area (Å²) in [7, 11) is 1.61. The largest absolute Gasteiger partial charge is 0.383 e. The first kappa shape index (κ1) is 12.9. The van der Waals surface area contributed by atoms with Gasteiger partial charge in [0.1, 0.15) is 0 Å². The molecule has 1 N–H and O–H groups in total.